The Labute approximate surface area is 188 Å². The lowest BCUT2D eigenvalue weighted by Gasteiger charge is -2.24. The van der Waals surface area contributed by atoms with Crippen molar-refractivity contribution in [2.75, 3.05) is 6.61 Å². The first-order chi connectivity index (χ1) is 14.8. The smallest absolute Gasteiger partial charge is 0.310 e. The van der Waals surface area contributed by atoms with E-state index >= 15 is 0 Å². The van der Waals surface area contributed by atoms with Crippen LogP contribution in [0.2, 0.25) is 0 Å². The molecule has 31 heavy (non-hydrogen) atoms. The number of rotatable bonds is 9. The SMILES string of the molecule is C=Cc1ccc(C)cc1C(=C)CC.CCCCCOC(=O)C1C2C=CC(C2)C1C(C)=O. The molecule has 168 valence electrons. The Morgan fingerprint density at radius 3 is 2.39 bits per heavy atom. The predicted molar refractivity (Wildman–Crippen MR) is 129 cm³/mol. The maximum absolute atomic E-state index is 12.1. The minimum Gasteiger partial charge on any atom is -0.465 e. The Morgan fingerprint density at radius 1 is 1.13 bits per heavy atom. The van der Waals surface area contributed by atoms with Gasteiger partial charge >= 0.3 is 5.97 Å². The van der Waals surface area contributed by atoms with E-state index < -0.39 is 0 Å². The van der Waals surface area contributed by atoms with E-state index in [0.717, 1.165) is 32.1 Å². The minimum absolute atomic E-state index is 0.127. The molecule has 3 nitrogen and oxygen atoms in total. The summed E-state index contributed by atoms with van der Waals surface area (Å²) >= 11 is 0. The average Bonchev–Trinajstić information content (AvgIpc) is 3.38. The Bertz CT molecular complexity index is 833. The summed E-state index contributed by atoms with van der Waals surface area (Å²) in [6.45, 7) is 16.3. The highest BCUT2D eigenvalue weighted by molar-refractivity contribution is 5.87. The van der Waals surface area contributed by atoms with Gasteiger partial charge in [-0.1, -0.05) is 81.8 Å². The standard InChI is InChI=1S/C15H22O3.C13H16/c1-3-4-5-8-18-15(17)14-12-7-6-11(9-12)13(14)10(2)16;1-5-11(4)13-9-10(3)7-8-12(13)6-2/h6-7,11-14H,3-5,8-9H2,1-2H3;6-9H,2,4-5H2,1,3H3. The number of hydrogen-bond acceptors (Lipinski definition) is 3. The third-order valence-corrected chi connectivity index (χ3v) is 6.43. The summed E-state index contributed by atoms with van der Waals surface area (Å²) in [5.74, 6) is 0.0894. The second-order valence-electron chi connectivity index (χ2n) is 8.74. The van der Waals surface area contributed by atoms with E-state index in [4.69, 9.17) is 4.74 Å². The molecule has 0 aliphatic heterocycles. The molecule has 1 saturated carbocycles. The summed E-state index contributed by atoms with van der Waals surface area (Å²) in [6.07, 6.45) is 11.1. The number of carbonyl (C=O) groups excluding carboxylic acids is 2. The molecule has 3 rings (SSSR count). The molecule has 3 heteroatoms. The number of unbranched alkanes of at least 4 members (excludes halogenated alkanes) is 2. The van der Waals surface area contributed by atoms with E-state index in [9.17, 15) is 9.59 Å². The number of benzene rings is 1. The maximum Gasteiger partial charge on any atom is 0.310 e. The van der Waals surface area contributed by atoms with E-state index in [1.807, 2.05) is 6.08 Å². The van der Waals surface area contributed by atoms with Crippen LogP contribution in [0.15, 0.2) is 43.5 Å². The largest absolute Gasteiger partial charge is 0.465 e. The summed E-state index contributed by atoms with van der Waals surface area (Å²) in [6, 6.07) is 6.37. The number of esters is 1. The van der Waals surface area contributed by atoms with Crippen LogP contribution in [0, 0.1) is 30.6 Å². The zero-order valence-electron chi connectivity index (χ0n) is 19.7. The number of ether oxygens (including phenoxy) is 1. The zero-order chi connectivity index (χ0) is 23.0. The molecule has 2 aliphatic carbocycles. The van der Waals surface area contributed by atoms with Crippen molar-refractivity contribution in [3.05, 3.63) is 60.2 Å². The fourth-order valence-electron chi connectivity index (χ4n) is 4.66. The van der Waals surface area contributed by atoms with E-state index in [1.165, 1.54) is 22.3 Å². The zero-order valence-corrected chi connectivity index (χ0v) is 19.7. The van der Waals surface area contributed by atoms with Crippen LogP contribution in [0.25, 0.3) is 11.6 Å². The van der Waals surface area contributed by atoms with Gasteiger partial charge in [-0.3, -0.25) is 9.59 Å². The number of carbonyl (C=O) groups is 2. The summed E-state index contributed by atoms with van der Waals surface area (Å²) in [5.41, 5.74) is 4.86. The van der Waals surface area contributed by atoms with Crippen LogP contribution in [0.1, 0.15) is 69.6 Å². The normalized spacial score (nSPS) is 23.1. The van der Waals surface area contributed by atoms with E-state index in [-0.39, 0.29) is 35.4 Å². The fourth-order valence-corrected chi connectivity index (χ4v) is 4.66. The molecule has 0 spiro atoms. The van der Waals surface area contributed by atoms with Crippen molar-refractivity contribution < 1.29 is 14.3 Å². The molecule has 1 fully saturated rings. The Kier molecular flexibility index (Phi) is 9.48. The highest BCUT2D eigenvalue weighted by Crippen LogP contribution is 2.48. The first kappa shape index (κ1) is 24.8. The first-order valence-electron chi connectivity index (χ1n) is 11.6. The molecule has 1 aromatic rings. The van der Waals surface area contributed by atoms with Gasteiger partial charge in [0.1, 0.15) is 5.78 Å². The third-order valence-electron chi connectivity index (χ3n) is 6.43. The molecule has 2 bridgehead atoms. The Balaban J connectivity index is 0.000000233. The topological polar surface area (TPSA) is 43.4 Å². The molecule has 1 aromatic carbocycles. The van der Waals surface area contributed by atoms with Gasteiger partial charge in [0.25, 0.3) is 0 Å². The lowest BCUT2D eigenvalue weighted by molar-refractivity contribution is -0.153. The molecule has 4 unspecified atom stereocenters. The van der Waals surface area contributed by atoms with Crippen molar-refractivity contribution in [3.8, 4) is 0 Å². The average molecular weight is 423 g/mol. The minimum atomic E-state index is -0.223. The number of fused-ring (bicyclic) bond motifs is 2. The van der Waals surface area contributed by atoms with Crippen molar-refractivity contribution in [1.29, 1.82) is 0 Å². The Hall–Kier alpha value is -2.42. The second-order valence-corrected chi connectivity index (χ2v) is 8.74. The number of aryl methyl sites for hydroxylation is 1. The van der Waals surface area contributed by atoms with Gasteiger partial charge in [-0.25, -0.2) is 0 Å². The number of ketones is 1. The summed E-state index contributed by atoms with van der Waals surface area (Å²) in [7, 11) is 0. The first-order valence-corrected chi connectivity index (χ1v) is 11.6. The van der Waals surface area contributed by atoms with Gasteiger partial charge in [0, 0.05) is 5.92 Å². The van der Waals surface area contributed by atoms with Gasteiger partial charge in [0.05, 0.1) is 12.5 Å². The van der Waals surface area contributed by atoms with E-state index in [1.54, 1.807) is 6.92 Å². The maximum atomic E-state index is 12.1. The summed E-state index contributed by atoms with van der Waals surface area (Å²) < 4.78 is 5.34. The highest BCUT2D eigenvalue weighted by atomic mass is 16.5. The van der Waals surface area contributed by atoms with Crippen molar-refractivity contribution in [2.45, 2.75) is 59.8 Å². The van der Waals surface area contributed by atoms with E-state index in [2.05, 4.69) is 64.3 Å². The van der Waals surface area contributed by atoms with Crippen molar-refractivity contribution in [2.24, 2.45) is 23.7 Å². The van der Waals surface area contributed by atoms with Crippen molar-refractivity contribution in [1.82, 2.24) is 0 Å². The predicted octanol–water partition coefficient (Wildman–Crippen LogP) is 6.81. The molecule has 4 atom stereocenters. The van der Waals surface area contributed by atoms with Gasteiger partial charge in [-0.05, 0) is 61.6 Å². The van der Waals surface area contributed by atoms with Crippen molar-refractivity contribution >= 4 is 23.4 Å². The van der Waals surface area contributed by atoms with Crippen LogP contribution in [0.3, 0.4) is 0 Å². The summed E-state index contributed by atoms with van der Waals surface area (Å²) in [4.78, 5) is 23.8. The number of hydrogen-bond donors (Lipinski definition) is 0. The van der Waals surface area contributed by atoms with Crippen LogP contribution in [0.4, 0.5) is 0 Å². The van der Waals surface area contributed by atoms with Gasteiger partial charge in [-0.2, -0.15) is 0 Å². The van der Waals surface area contributed by atoms with Gasteiger partial charge in [-0.15, -0.1) is 0 Å². The third kappa shape index (κ3) is 6.29. The second kappa shape index (κ2) is 11.8. The molecule has 0 radical (unpaired) electrons. The lowest BCUT2D eigenvalue weighted by Crippen LogP contribution is -2.33. The van der Waals surface area contributed by atoms with Crippen LogP contribution in [-0.2, 0) is 14.3 Å². The molecule has 0 N–H and O–H groups in total. The molecular formula is C28H38O3. The highest BCUT2D eigenvalue weighted by Gasteiger charge is 2.50. The van der Waals surface area contributed by atoms with Crippen molar-refractivity contribution in [3.63, 3.8) is 0 Å². The summed E-state index contributed by atoms with van der Waals surface area (Å²) in [5, 5.41) is 0. The monoisotopic (exact) mass is 422 g/mol. The van der Waals surface area contributed by atoms with Crippen LogP contribution in [-0.4, -0.2) is 18.4 Å². The molecule has 0 amide bonds. The number of Topliss-reactive ketones (excluding diaryl/α,β-unsaturated/α-hetero) is 1. The number of allylic oxidation sites excluding steroid dienone is 3. The molecule has 0 heterocycles. The van der Waals surface area contributed by atoms with Crippen LogP contribution >= 0.6 is 0 Å². The molecule has 2 aliphatic rings. The van der Waals surface area contributed by atoms with Gasteiger partial charge < -0.3 is 4.74 Å². The molecular weight excluding hydrogens is 384 g/mol. The van der Waals surface area contributed by atoms with Crippen LogP contribution < -0.4 is 0 Å². The quantitative estimate of drug-likeness (QED) is 0.249. The van der Waals surface area contributed by atoms with Gasteiger partial charge in [0.15, 0.2) is 0 Å². The van der Waals surface area contributed by atoms with Gasteiger partial charge in [0.2, 0.25) is 0 Å². The molecule has 0 aromatic heterocycles. The fraction of sp³-hybridized carbons (Fsp3) is 0.500. The van der Waals surface area contributed by atoms with Crippen LogP contribution in [0.5, 0.6) is 0 Å². The van der Waals surface area contributed by atoms with E-state index in [0.29, 0.717) is 6.61 Å². The Morgan fingerprint density at radius 2 is 1.81 bits per heavy atom. The lowest BCUT2D eigenvalue weighted by atomic mass is 9.81. The molecule has 0 saturated heterocycles.